The molecule has 2 aliphatic heterocycles. The van der Waals surface area contributed by atoms with Crippen molar-refractivity contribution in [2.24, 2.45) is 5.92 Å². The molecule has 0 radical (unpaired) electrons. The number of ether oxygens (including phenoxy) is 1. The van der Waals surface area contributed by atoms with E-state index < -0.39 is 5.82 Å². The molecule has 4 nitrogen and oxygen atoms in total. The van der Waals surface area contributed by atoms with Crippen molar-refractivity contribution in [2.45, 2.75) is 44.6 Å². The van der Waals surface area contributed by atoms with Gasteiger partial charge < -0.3 is 9.64 Å². The Bertz CT molecular complexity index is 1020. The van der Waals surface area contributed by atoms with Crippen molar-refractivity contribution in [1.29, 1.82) is 0 Å². The van der Waals surface area contributed by atoms with E-state index in [0.717, 1.165) is 56.3 Å². The Labute approximate surface area is 198 Å². The Morgan fingerprint density at radius 3 is 2.55 bits per heavy atom. The van der Waals surface area contributed by atoms with E-state index in [0.29, 0.717) is 48.8 Å². The standard InChI is InChI=1S/C26H29ClF2N2O2/c27-20-9-18(10-21(28)11-20)15-30-8-5-17(14-30)16-33-25-13-24(29)23(12-22(25)19-3-4-19)26(32)31-6-1-2-7-31/h9-13,17,19H,1-8,14-16H2. The van der Waals surface area contributed by atoms with E-state index in [2.05, 4.69) is 4.90 Å². The van der Waals surface area contributed by atoms with E-state index in [1.807, 2.05) is 0 Å². The van der Waals surface area contributed by atoms with Gasteiger partial charge in [-0.1, -0.05) is 11.6 Å². The molecule has 1 atom stereocenters. The number of hydrogen-bond donors (Lipinski definition) is 0. The zero-order chi connectivity index (χ0) is 22.9. The van der Waals surface area contributed by atoms with Crippen LogP contribution in [0.5, 0.6) is 5.75 Å². The fourth-order valence-electron chi connectivity index (χ4n) is 5.03. The quantitative estimate of drug-likeness (QED) is 0.521. The highest BCUT2D eigenvalue weighted by Crippen LogP contribution is 2.45. The van der Waals surface area contributed by atoms with Crippen LogP contribution in [-0.2, 0) is 6.54 Å². The summed E-state index contributed by atoms with van der Waals surface area (Å²) >= 11 is 5.97. The molecule has 1 saturated carbocycles. The second kappa shape index (κ2) is 9.59. The first kappa shape index (κ1) is 22.6. The number of hydrogen-bond acceptors (Lipinski definition) is 3. The van der Waals surface area contributed by atoms with E-state index in [-0.39, 0.29) is 17.3 Å². The Morgan fingerprint density at radius 2 is 1.82 bits per heavy atom. The molecule has 0 spiro atoms. The normalized spacial score (nSPS) is 21.1. The number of carbonyl (C=O) groups excluding carboxylic acids is 1. The molecule has 2 aromatic rings. The molecule has 3 aliphatic rings. The van der Waals surface area contributed by atoms with E-state index in [4.69, 9.17) is 16.3 Å². The van der Waals surface area contributed by atoms with E-state index >= 15 is 0 Å². The van der Waals surface area contributed by atoms with Crippen molar-refractivity contribution in [3.63, 3.8) is 0 Å². The predicted molar refractivity (Wildman–Crippen MR) is 124 cm³/mol. The van der Waals surface area contributed by atoms with Gasteiger partial charge in [0.05, 0.1) is 12.2 Å². The lowest BCUT2D eigenvalue weighted by atomic mass is 10.0. The molecule has 1 unspecified atom stereocenters. The topological polar surface area (TPSA) is 32.8 Å². The number of rotatable bonds is 7. The Balaban J connectivity index is 1.22. The number of benzene rings is 2. The fraction of sp³-hybridized carbons (Fsp3) is 0.500. The van der Waals surface area contributed by atoms with Crippen LogP contribution in [0.15, 0.2) is 30.3 Å². The lowest BCUT2D eigenvalue weighted by molar-refractivity contribution is 0.0788. The second-order valence-electron chi connectivity index (χ2n) is 9.62. The highest BCUT2D eigenvalue weighted by Gasteiger charge is 2.31. The molecular formula is C26H29ClF2N2O2. The van der Waals surface area contributed by atoms with Crippen LogP contribution in [0.2, 0.25) is 5.02 Å². The lowest BCUT2D eigenvalue weighted by Crippen LogP contribution is -2.28. The van der Waals surface area contributed by atoms with Gasteiger partial charge in [-0.15, -0.1) is 0 Å². The predicted octanol–water partition coefficient (Wildman–Crippen LogP) is 5.63. The molecule has 2 saturated heterocycles. The third-order valence-corrected chi connectivity index (χ3v) is 7.13. The first-order valence-corrected chi connectivity index (χ1v) is 12.3. The van der Waals surface area contributed by atoms with Crippen LogP contribution in [0.25, 0.3) is 0 Å². The summed E-state index contributed by atoms with van der Waals surface area (Å²) in [5, 5.41) is 0.408. The maximum absolute atomic E-state index is 14.9. The molecule has 2 aromatic carbocycles. The summed E-state index contributed by atoms with van der Waals surface area (Å²) in [7, 11) is 0. The Morgan fingerprint density at radius 1 is 1.03 bits per heavy atom. The molecule has 0 N–H and O–H groups in total. The van der Waals surface area contributed by atoms with E-state index in [9.17, 15) is 13.6 Å². The summed E-state index contributed by atoms with van der Waals surface area (Å²) < 4.78 is 34.7. The zero-order valence-corrected chi connectivity index (χ0v) is 19.4. The van der Waals surface area contributed by atoms with Crippen molar-refractivity contribution >= 4 is 17.5 Å². The summed E-state index contributed by atoms with van der Waals surface area (Å²) in [4.78, 5) is 16.8. The summed E-state index contributed by atoms with van der Waals surface area (Å²) in [6.07, 6.45) is 5.03. The number of nitrogens with zero attached hydrogens (tertiary/aromatic N) is 2. The van der Waals surface area contributed by atoms with Crippen LogP contribution >= 0.6 is 11.6 Å². The van der Waals surface area contributed by atoms with Crippen LogP contribution in [0.3, 0.4) is 0 Å². The molecular weight excluding hydrogens is 446 g/mol. The minimum Gasteiger partial charge on any atom is -0.493 e. The molecule has 33 heavy (non-hydrogen) atoms. The zero-order valence-electron chi connectivity index (χ0n) is 18.7. The van der Waals surface area contributed by atoms with Gasteiger partial charge in [-0.3, -0.25) is 9.69 Å². The summed E-state index contributed by atoms with van der Waals surface area (Å²) in [5.74, 6) is 0.212. The maximum atomic E-state index is 14.9. The SMILES string of the molecule is O=C(c1cc(C2CC2)c(OCC2CCN(Cc3cc(F)cc(Cl)c3)C2)cc1F)N1CCCC1. The number of amides is 1. The van der Waals surface area contributed by atoms with Gasteiger partial charge >= 0.3 is 0 Å². The number of carbonyl (C=O) groups is 1. The smallest absolute Gasteiger partial charge is 0.256 e. The molecule has 0 bridgehead atoms. The van der Waals surface area contributed by atoms with Crippen molar-refractivity contribution in [1.82, 2.24) is 9.80 Å². The average Bonchev–Trinajstić information content (AvgIpc) is 3.27. The molecule has 2 heterocycles. The van der Waals surface area contributed by atoms with Crippen LogP contribution in [0, 0.1) is 17.6 Å². The summed E-state index contributed by atoms with van der Waals surface area (Å²) in [6, 6.07) is 7.78. The lowest BCUT2D eigenvalue weighted by Gasteiger charge is -2.20. The van der Waals surface area contributed by atoms with Gasteiger partial charge in [0.25, 0.3) is 5.91 Å². The maximum Gasteiger partial charge on any atom is 0.256 e. The van der Waals surface area contributed by atoms with E-state index in [1.54, 1.807) is 17.0 Å². The first-order chi connectivity index (χ1) is 16.0. The molecule has 1 amide bonds. The molecule has 5 rings (SSSR count). The van der Waals surface area contributed by atoms with Gasteiger partial charge in [-0.25, -0.2) is 8.78 Å². The van der Waals surface area contributed by atoms with Crippen molar-refractivity contribution in [2.75, 3.05) is 32.8 Å². The van der Waals surface area contributed by atoms with Crippen molar-refractivity contribution in [3.8, 4) is 5.75 Å². The summed E-state index contributed by atoms with van der Waals surface area (Å²) in [6.45, 7) is 4.28. The third kappa shape index (κ3) is 5.33. The van der Waals surface area contributed by atoms with Crippen LogP contribution < -0.4 is 4.74 Å². The first-order valence-electron chi connectivity index (χ1n) is 11.9. The molecule has 7 heteroatoms. The van der Waals surface area contributed by atoms with Crippen molar-refractivity contribution < 1.29 is 18.3 Å². The minimum absolute atomic E-state index is 0.173. The molecule has 176 valence electrons. The molecule has 0 aromatic heterocycles. The fourth-order valence-corrected chi connectivity index (χ4v) is 5.27. The van der Waals surface area contributed by atoms with Crippen LogP contribution in [0.1, 0.15) is 59.5 Å². The minimum atomic E-state index is -0.498. The highest BCUT2D eigenvalue weighted by molar-refractivity contribution is 6.30. The van der Waals surface area contributed by atoms with E-state index in [1.165, 1.54) is 18.2 Å². The number of likely N-dealkylation sites (tertiary alicyclic amines) is 2. The van der Waals surface area contributed by atoms with Gasteiger partial charge in [0, 0.05) is 43.2 Å². The van der Waals surface area contributed by atoms with Gasteiger partial charge in [0.1, 0.15) is 17.4 Å². The Hall–Kier alpha value is -2.18. The molecule has 3 fully saturated rings. The van der Waals surface area contributed by atoms with Crippen molar-refractivity contribution in [3.05, 3.63) is 63.7 Å². The second-order valence-corrected chi connectivity index (χ2v) is 10.1. The third-order valence-electron chi connectivity index (χ3n) is 6.91. The van der Waals surface area contributed by atoms with Crippen LogP contribution in [-0.4, -0.2) is 48.5 Å². The Kier molecular flexibility index (Phi) is 6.57. The number of halogens is 3. The average molecular weight is 475 g/mol. The monoisotopic (exact) mass is 474 g/mol. The van der Waals surface area contributed by atoms with Gasteiger partial charge in [-0.2, -0.15) is 0 Å². The van der Waals surface area contributed by atoms with Gasteiger partial charge in [0.2, 0.25) is 0 Å². The summed E-state index contributed by atoms with van der Waals surface area (Å²) in [5.41, 5.74) is 1.99. The van der Waals surface area contributed by atoms with Gasteiger partial charge in [-0.05, 0) is 80.0 Å². The van der Waals surface area contributed by atoms with Crippen LogP contribution in [0.4, 0.5) is 8.78 Å². The van der Waals surface area contributed by atoms with Gasteiger partial charge in [0.15, 0.2) is 0 Å². The highest BCUT2D eigenvalue weighted by atomic mass is 35.5. The largest absolute Gasteiger partial charge is 0.493 e. The molecule has 1 aliphatic carbocycles.